The van der Waals surface area contributed by atoms with Crippen LogP contribution in [0.4, 0.5) is 10.1 Å². The van der Waals surface area contributed by atoms with E-state index >= 15 is 0 Å². The first-order chi connectivity index (χ1) is 9.56. The van der Waals surface area contributed by atoms with Crippen LogP contribution in [0.3, 0.4) is 0 Å². The number of benzene rings is 2. The number of hydrogen-bond donors (Lipinski definition) is 1. The third-order valence-corrected chi connectivity index (χ3v) is 3.72. The molecule has 1 aliphatic rings. The molecule has 0 amide bonds. The van der Waals surface area contributed by atoms with Gasteiger partial charge in [0.2, 0.25) is 0 Å². The van der Waals surface area contributed by atoms with E-state index in [0.717, 1.165) is 10.0 Å². The fourth-order valence-electron chi connectivity index (χ4n) is 2.11. The lowest BCUT2D eigenvalue weighted by molar-refractivity contribution is 0.0954. The smallest absolute Gasteiger partial charge is 0.196 e. The van der Waals surface area contributed by atoms with Crippen molar-refractivity contribution < 1.29 is 13.9 Å². The van der Waals surface area contributed by atoms with Crippen LogP contribution in [0, 0.1) is 5.82 Å². The van der Waals surface area contributed by atoms with Crippen LogP contribution < -0.4 is 5.73 Å². The van der Waals surface area contributed by atoms with Crippen molar-refractivity contribution in [1.82, 2.24) is 0 Å². The molecule has 0 unspecified atom stereocenters. The summed E-state index contributed by atoms with van der Waals surface area (Å²) in [6.45, 7) is 0. The Balaban J connectivity index is 1.80. The van der Waals surface area contributed by atoms with Gasteiger partial charge in [0.15, 0.2) is 11.9 Å². The minimum absolute atomic E-state index is 0.155. The van der Waals surface area contributed by atoms with Gasteiger partial charge in [0, 0.05) is 15.7 Å². The molecule has 0 spiro atoms. The van der Waals surface area contributed by atoms with E-state index in [0.29, 0.717) is 11.3 Å². The van der Waals surface area contributed by atoms with Gasteiger partial charge in [0.1, 0.15) is 11.9 Å². The van der Waals surface area contributed by atoms with E-state index < -0.39 is 6.10 Å². The Morgan fingerprint density at radius 3 is 2.60 bits per heavy atom. The van der Waals surface area contributed by atoms with Crippen LogP contribution in [-0.2, 0) is 4.74 Å². The minimum Gasteiger partial charge on any atom is -0.398 e. The lowest BCUT2D eigenvalue weighted by Gasteiger charge is -2.03. The van der Waals surface area contributed by atoms with Gasteiger partial charge in [0.25, 0.3) is 0 Å². The van der Waals surface area contributed by atoms with E-state index in [4.69, 9.17) is 10.5 Å². The molecule has 0 bridgehead atoms. The Kier molecular flexibility index (Phi) is 3.31. The zero-order chi connectivity index (χ0) is 14.3. The number of ketones is 1. The van der Waals surface area contributed by atoms with Gasteiger partial charge >= 0.3 is 0 Å². The quantitative estimate of drug-likeness (QED) is 0.530. The van der Waals surface area contributed by atoms with Crippen molar-refractivity contribution in [2.45, 2.75) is 12.2 Å². The average Bonchev–Trinajstić information content (AvgIpc) is 3.22. The normalized spacial score (nSPS) is 20.7. The summed E-state index contributed by atoms with van der Waals surface area (Å²) in [7, 11) is 0. The molecular weight excluding hydrogens is 325 g/mol. The molecule has 0 radical (unpaired) electrons. The van der Waals surface area contributed by atoms with E-state index in [1.165, 1.54) is 12.1 Å². The van der Waals surface area contributed by atoms with Gasteiger partial charge < -0.3 is 10.5 Å². The molecule has 2 aromatic carbocycles. The van der Waals surface area contributed by atoms with Gasteiger partial charge in [-0.05, 0) is 35.9 Å². The molecule has 2 aromatic rings. The molecule has 2 N–H and O–H groups in total. The molecule has 0 aromatic heterocycles. The van der Waals surface area contributed by atoms with Crippen LogP contribution in [0.2, 0.25) is 0 Å². The standard InChI is InChI=1S/C15H11BrFNO2/c16-9-3-6-12(18)11(7-9)13(19)15-14(20-15)8-1-4-10(17)5-2-8/h1-7,14-15H,18H2/t14-,15-/m1/s1. The summed E-state index contributed by atoms with van der Waals surface area (Å²) in [6.07, 6.45) is -0.862. The Labute approximate surface area is 123 Å². The number of nitrogens with two attached hydrogens (primary N) is 1. The SMILES string of the molecule is Nc1ccc(Br)cc1C(=O)[C@H]1O[C@@H]1c1ccc(F)cc1. The van der Waals surface area contributed by atoms with Gasteiger partial charge in [-0.1, -0.05) is 28.1 Å². The molecule has 2 atom stereocenters. The van der Waals surface area contributed by atoms with Crippen LogP contribution in [0.5, 0.6) is 0 Å². The minimum atomic E-state index is -0.544. The highest BCUT2D eigenvalue weighted by atomic mass is 79.9. The first-order valence-corrected chi connectivity index (χ1v) is 6.86. The lowest BCUT2D eigenvalue weighted by atomic mass is 10.0. The largest absolute Gasteiger partial charge is 0.398 e. The molecule has 3 rings (SSSR count). The second kappa shape index (κ2) is 5.00. The number of epoxide rings is 1. The second-order valence-corrected chi connectivity index (χ2v) is 5.54. The highest BCUT2D eigenvalue weighted by molar-refractivity contribution is 9.10. The van der Waals surface area contributed by atoms with E-state index in [-0.39, 0.29) is 17.7 Å². The maximum atomic E-state index is 12.9. The number of halogens is 2. The predicted molar refractivity (Wildman–Crippen MR) is 76.9 cm³/mol. The first kappa shape index (κ1) is 13.3. The monoisotopic (exact) mass is 335 g/mol. The predicted octanol–water partition coefficient (Wildman–Crippen LogP) is 3.49. The number of Topliss-reactive ketones (excluding diaryl/α,β-unsaturated/α-hetero) is 1. The maximum absolute atomic E-state index is 12.9. The van der Waals surface area contributed by atoms with Crippen molar-refractivity contribution in [2.75, 3.05) is 5.73 Å². The molecule has 0 saturated carbocycles. The summed E-state index contributed by atoms with van der Waals surface area (Å²) in [4.78, 5) is 12.3. The number of anilines is 1. The van der Waals surface area contributed by atoms with Crippen molar-refractivity contribution in [3.8, 4) is 0 Å². The number of carbonyl (C=O) groups excluding carboxylic acids is 1. The Bertz CT molecular complexity index is 672. The van der Waals surface area contributed by atoms with Crippen molar-refractivity contribution in [3.05, 3.63) is 63.9 Å². The molecule has 20 heavy (non-hydrogen) atoms. The number of rotatable bonds is 3. The third-order valence-electron chi connectivity index (χ3n) is 3.23. The molecule has 1 fully saturated rings. The number of hydrogen-bond acceptors (Lipinski definition) is 3. The van der Waals surface area contributed by atoms with Gasteiger partial charge in [-0.2, -0.15) is 0 Å². The van der Waals surface area contributed by atoms with Crippen LogP contribution >= 0.6 is 15.9 Å². The molecular formula is C15H11BrFNO2. The number of carbonyl (C=O) groups is 1. The van der Waals surface area contributed by atoms with E-state index in [1.54, 1.807) is 30.3 Å². The number of ether oxygens (including phenoxy) is 1. The highest BCUT2D eigenvalue weighted by Crippen LogP contribution is 2.41. The Morgan fingerprint density at radius 2 is 1.90 bits per heavy atom. The first-order valence-electron chi connectivity index (χ1n) is 6.06. The molecule has 1 aliphatic heterocycles. The van der Waals surface area contributed by atoms with Crippen LogP contribution in [-0.4, -0.2) is 11.9 Å². The van der Waals surface area contributed by atoms with Crippen molar-refractivity contribution >= 4 is 27.4 Å². The summed E-state index contributed by atoms with van der Waals surface area (Å²) < 4.78 is 19.1. The fourth-order valence-corrected chi connectivity index (χ4v) is 2.47. The molecule has 1 heterocycles. The Hall–Kier alpha value is -1.72. The lowest BCUT2D eigenvalue weighted by Crippen LogP contribution is -2.11. The molecule has 1 saturated heterocycles. The van der Waals surface area contributed by atoms with Gasteiger partial charge in [-0.15, -0.1) is 0 Å². The van der Waals surface area contributed by atoms with Crippen molar-refractivity contribution in [1.29, 1.82) is 0 Å². The van der Waals surface area contributed by atoms with Crippen molar-refractivity contribution in [2.24, 2.45) is 0 Å². The topological polar surface area (TPSA) is 55.6 Å². The van der Waals surface area contributed by atoms with Gasteiger partial charge in [-0.3, -0.25) is 4.79 Å². The van der Waals surface area contributed by atoms with Crippen LogP contribution in [0.25, 0.3) is 0 Å². The van der Waals surface area contributed by atoms with Gasteiger partial charge in [0.05, 0.1) is 0 Å². The summed E-state index contributed by atoms with van der Waals surface area (Å²) in [5.41, 5.74) is 7.46. The molecule has 0 aliphatic carbocycles. The van der Waals surface area contributed by atoms with Crippen LogP contribution in [0.15, 0.2) is 46.9 Å². The molecule has 3 nitrogen and oxygen atoms in total. The average molecular weight is 336 g/mol. The van der Waals surface area contributed by atoms with Gasteiger partial charge in [-0.25, -0.2) is 4.39 Å². The summed E-state index contributed by atoms with van der Waals surface area (Å²) in [5, 5.41) is 0. The Morgan fingerprint density at radius 1 is 1.20 bits per heavy atom. The van der Waals surface area contributed by atoms with E-state index in [2.05, 4.69) is 15.9 Å². The van der Waals surface area contributed by atoms with E-state index in [9.17, 15) is 9.18 Å². The zero-order valence-electron chi connectivity index (χ0n) is 10.3. The summed E-state index contributed by atoms with van der Waals surface area (Å²) >= 11 is 3.31. The second-order valence-electron chi connectivity index (χ2n) is 4.62. The van der Waals surface area contributed by atoms with Crippen molar-refractivity contribution in [3.63, 3.8) is 0 Å². The zero-order valence-corrected chi connectivity index (χ0v) is 11.9. The highest BCUT2D eigenvalue weighted by Gasteiger charge is 2.46. The number of nitrogen functional groups attached to an aromatic ring is 1. The molecule has 102 valence electrons. The van der Waals surface area contributed by atoms with Crippen LogP contribution in [0.1, 0.15) is 22.0 Å². The maximum Gasteiger partial charge on any atom is 0.196 e. The molecule has 5 heteroatoms. The fraction of sp³-hybridized carbons (Fsp3) is 0.133. The third kappa shape index (κ3) is 2.46. The summed E-state index contributed by atoms with van der Waals surface area (Å²) in [5.74, 6) is -0.466. The summed E-state index contributed by atoms with van der Waals surface area (Å²) in [6, 6.07) is 11.1. The van der Waals surface area contributed by atoms with E-state index in [1.807, 2.05) is 0 Å².